The van der Waals surface area contributed by atoms with Gasteiger partial charge in [0.15, 0.2) is 17.5 Å². The number of rotatable bonds is 4. The lowest BCUT2D eigenvalue weighted by molar-refractivity contribution is 0.669. The highest BCUT2D eigenvalue weighted by molar-refractivity contribution is 6.19. The molecule has 4 heteroatoms. The average Bonchev–Trinajstić information content (AvgIpc) is 3.62. The van der Waals surface area contributed by atoms with Gasteiger partial charge in [-0.1, -0.05) is 139 Å². The number of benzene rings is 8. The van der Waals surface area contributed by atoms with Crippen molar-refractivity contribution in [3.05, 3.63) is 164 Å². The molecule has 228 valence electrons. The third kappa shape index (κ3) is 4.57. The summed E-state index contributed by atoms with van der Waals surface area (Å²) >= 11 is 0. The maximum atomic E-state index is 9.03. The van der Waals surface area contributed by atoms with Crippen molar-refractivity contribution >= 4 is 54.3 Å². The fourth-order valence-electron chi connectivity index (χ4n) is 6.68. The van der Waals surface area contributed by atoms with Crippen LogP contribution in [0.15, 0.2) is 168 Å². The molecule has 0 fully saturated rings. The molecule has 0 aliphatic rings. The van der Waals surface area contributed by atoms with Crippen molar-refractivity contribution in [2.75, 3.05) is 0 Å². The van der Waals surface area contributed by atoms with Crippen molar-refractivity contribution in [1.29, 1.82) is 0 Å². The molecular weight excluding hydrogens is 599 g/mol. The fraction of sp³-hybridized carbons (Fsp3) is 0. The zero-order valence-electron chi connectivity index (χ0n) is 32.8. The highest BCUT2D eigenvalue weighted by Crippen LogP contribution is 2.38. The monoisotopic (exact) mass is 632 g/mol. The van der Waals surface area contributed by atoms with E-state index in [1.165, 1.54) is 0 Å². The molecule has 0 aliphatic carbocycles. The van der Waals surface area contributed by atoms with E-state index in [1.807, 2.05) is 84.9 Å². The summed E-state index contributed by atoms with van der Waals surface area (Å²) in [5.41, 5.74) is 4.84. The maximum absolute atomic E-state index is 9.03. The summed E-state index contributed by atoms with van der Waals surface area (Å²) in [6, 6.07) is 36.5. The molecular formula is C45H27N3O. The first kappa shape index (κ1) is 21.3. The normalized spacial score (nSPS) is 13.7. The van der Waals surface area contributed by atoms with Gasteiger partial charge in [-0.2, -0.15) is 0 Å². The van der Waals surface area contributed by atoms with Crippen molar-refractivity contribution in [2.24, 2.45) is 0 Å². The van der Waals surface area contributed by atoms with Gasteiger partial charge in [0.05, 0.1) is 9.60 Å². The largest absolute Gasteiger partial charge is 0.456 e. The molecule has 0 spiro atoms. The summed E-state index contributed by atoms with van der Waals surface area (Å²) in [5, 5.41) is 5.86. The van der Waals surface area contributed by atoms with Crippen LogP contribution in [0.1, 0.15) is 9.60 Å². The van der Waals surface area contributed by atoms with Crippen LogP contribution in [-0.4, -0.2) is 15.0 Å². The van der Waals surface area contributed by atoms with Crippen LogP contribution in [0.2, 0.25) is 0 Å². The predicted molar refractivity (Wildman–Crippen MR) is 201 cm³/mol. The smallest absolute Gasteiger partial charge is 0.164 e. The fourth-order valence-corrected chi connectivity index (χ4v) is 6.68. The van der Waals surface area contributed by atoms with E-state index in [9.17, 15) is 0 Å². The summed E-state index contributed by atoms with van der Waals surface area (Å²) in [7, 11) is 0. The van der Waals surface area contributed by atoms with E-state index in [-0.39, 0.29) is 33.8 Å². The molecule has 4 nitrogen and oxygen atoms in total. The Balaban J connectivity index is 1.22. The Bertz CT molecular complexity index is 3280. The summed E-state index contributed by atoms with van der Waals surface area (Å²) in [6.45, 7) is 0. The molecule has 0 bridgehead atoms. The first-order valence-electron chi connectivity index (χ1n) is 19.4. The summed E-state index contributed by atoms with van der Waals surface area (Å²) in [6.07, 6.45) is 0. The standard InChI is InChI=1S/C45H27N3O/c1-2-12-31(13-3-1)43-46-44(36-18-8-14-28-10-4-6-16-34(28)36)48-45(47-43)37-19-9-15-30-20-21-32(26-38(30)37)33-23-24-40-39(27-33)42-35-17-7-5-11-29(35)22-25-41(42)49-40/h1-27H/i4D,6D,8D,10D,14D,16D,18D. The van der Waals surface area contributed by atoms with E-state index in [2.05, 4.69) is 36.4 Å². The van der Waals surface area contributed by atoms with Gasteiger partial charge in [0.2, 0.25) is 0 Å². The average molecular weight is 633 g/mol. The number of furan rings is 1. The van der Waals surface area contributed by atoms with Gasteiger partial charge in [0.1, 0.15) is 11.2 Å². The molecule has 2 heterocycles. The lowest BCUT2D eigenvalue weighted by atomic mass is 9.96. The third-order valence-corrected chi connectivity index (χ3v) is 9.02. The molecule has 10 aromatic rings. The summed E-state index contributed by atoms with van der Waals surface area (Å²) in [4.78, 5) is 14.6. The van der Waals surface area contributed by atoms with E-state index >= 15 is 0 Å². The number of aromatic nitrogens is 3. The third-order valence-electron chi connectivity index (χ3n) is 9.02. The molecule has 49 heavy (non-hydrogen) atoms. The van der Waals surface area contributed by atoms with Gasteiger partial charge in [-0.15, -0.1) is 0 Å². The van der Waals surface area contributed by atoms with Gasteiger partial charge in [-0.05, 0) is 67.7 Å². The van der Waals surface area contributed by atoms with Crippen LogP contribution in [0.4, 0.5) is 0 Å². The van der Waals surface area contributed by atoms with Crippen molar-refractivity contribution < 1.29 is 14.0 Å². The topological polar surface area (TPSA) is 51.8 Å². The lowest BCUT2D eigenvalue weighted by Gasteiger charge is -2.12. The van der Waals surface area contributed by atoms with Gasteiger partial charge >= 0.3 is 0 Å². The highest BCUT2D eigenvalue weighted by atomic mass is 16.3. The Morgan fingerprint density at radius 2 is 1.08 bits per heavy atom. The second-order valence-corrected chi connectivity index (χ2v) is 11.9. The Labute approximate surface area is 291 Å². The van der Waals surface area contributed by atoms with Crippen molar-refractivity contribution in [1.82, 2.24) is 15.0 Å². The second-order valence-electron chi connectivity index (χ2n) is 11.9. The summed E-state index contributed by atoms with van der Waals surface area (Å²) < 4.78 is 66.8. The quantitative estimate of drug-likeness (QED) is 0.194. The predicted octanol–water partition coefficient (Wildman–Crippen LogP) is 11.9. The zero-order chi connectivity index (χ0) is 38.4. The molecule has 8 aromatic carbocycles. The molecule has 0 unspecified atom stereocenters. The molecule has 0 atom stereocenters. The van der Waals surface area contributed by atoms with E-state index in [1.54, 1.807) is 0 Å². The number of hydrogen-bond acceptors (Lipinski definition) is 4. The van der Waals surface area contributed by atoms with Crippen molar-refractivity contribution in [2.45, 2.75) is 0 Å². The van der Waals surface area contributed by atoms with Crippen LogP contribution in [-0.2, 0) is 0 Å². The van der Waals surface area contributed by atoms with Crippen LogP contribution < -0.4 is 0 Å². The van der Waals surface area contributed by atoms with Crippen LogP contribution in [0.5, 0.6) is 0 Å². The van der Waals surface area contributed by atoms with E-state index in [4.69, 9.17) is 29.0 Å². The molecule has 10 rings (SSSR count). The van der Waals surface area contributed by atoms with Crippen molar-refractivity contribution in [3.63, 3.8) is 0 Å². The molecule has 2 aromatic heterocycles. The van der Waals surface area contributed by atoms with Crippen LogP contribution in [0.25, 0.3) is 99.5 Å². The van der Waals surface area contributed by atoms with E-state index < -0.39 is 42.3 Å². The Hall–Kier alpha value is -6.65. The lowest BCUT2D eigenvalue weighted by Crippen LogP contribution is -2.01. The molecule has 0 saturated carbocycles. The number of hydrogen-bond donors (Lipinski definition) is 0. The van der Waals surface area contributed by atoms with E-state index in [0.29, 0.717) is 11.1 Å². The maximum Gasteiger partial charge on any atom is 0.164 e. The van der Waals surface area contributed by atoms with Crippen LogP contribution in [0, 0.1) is 0 Å². The van der Waals surface area contributed by atoms with Crippen LogP contribution >= 0.6 is 0 Å². The number of nitrogens with zero attached hydrogens (tertiary/aromatic N) is 3. The SMILES string of the molecule is [2H]c1c([2H])c([2H])c2c(-c3nc(-c4ccccc4)nc(-c4cccc5ccc(-c6ccc7oc8ccc9ccccc9c8c7c6)cc45)n3)c([2H])c([2H])c([2H])c2c1[2H]. The molecule has 0 radical (unpaired) electrons. The second kappa shape index (κ2) is 11.0. The van der Waals surface area contributed by atoms with Gasteiger partial charge in [0, 0.05) is 27.5 Å². The van der Waals surface area contributed by atoms with Gasteiger partial charge in [-0.3, -0.25) is 0 Å². The molecule has 0 amide bonds. The minimum Gasteiger partial charge on any atom is -0.456 e. The summed E-state index contributed by atoms with van der Waals surface area (Å²) in [5.74, 6) is 0.507. The van der Waals surface area contributed by atoms with Gasteiger partial charge < -0.3 is 4.42 Å². The van der Waals surface area contributed by atoms with E-state index in [0.717, 1.165) is 54.6 Å². The zero-order valence-corrected chi connectivity index (χ0v) is 25.8. The molecule has 0 N–H and O–H groups in total. The Morgan fingerprint density at radius 3 is 2.00 bits per heavy atom. The number of fused-ring (bicyclic) bond motifs is 7. The minimum atomic E-state index is -0.527. The Kier molecular flexibility index (Phi) is 4.76. The van der Waals surface area contributed by atoms with Crippen LogP contribution in [0.3, 0.4) is 0 Å². The Morgan fingerprint density at radius 1 is 0.408 bits per heavy atom. The first-order valence-corrected chi connectivity index (χ1v) is 15.9. The molecule has 0 aliphatic heterocycles. The minimum absolute atomic E-state index is 0.0416. The first-order chi connectivity index (χ1) is 27.2. The van der Waals surface area contributed by atoms with Gasteiger partial charge in [-0.25, -0.2) is 15.0 Å². The molecule has 0 saturated heterocycles. The van der Waals surface area contributed by atoms with Crippen molar-refractivity contribution in [3.8, 4) is 45.3 Å². The van der Waals surface area contributed by atoms with Gasteiger partial charge in [0.25, 0.3) is 0 Å². The highest BCUT2D eigenvalue weighted by Gasteiger charge is 2.17.